The molecule has 0 unspecified atom stereocenters. The summed E-state index contributed by atoms with van der Waals surface area (Å²) in [5.41, 5.74) is 5.74. The largest absolute Gasteiger partial charge is 0.226 e. The topological polar surface area (TPSA) is 3.88 Å². The van der Waals surface area contributed by atoms with Crippen LogP contribution in [-0.4, -0.2) is 0 Å². The SMILES string of the molecule is Cc1[c-]c(-c2[c-]cccc2)ccc1-c1cccc[n+]1C.[Y]. The fourth-order valence-corrected chi connectivity index (χ4v) is 2.40. The molecule has 1 aromatic heterocycles. The Balaban J connectivity index is 0.00000161. The maximum atomic E-state index is 3.47. The molecule has 1 heterocycles. The van der Waals surface area contributed by atoms with Crippen molar-refractivity contribution in [3.05, 3.63) is 78.5 Å². The Morgan fingerprint density at radius 1 is 0.905 bits per heavy atom. The van der Waals surface area contributed by atoms with Crippen molar-refractivity contribution in [2.45, 2.75) is 6.92 Å². The Bertz CT molecular complexity index is 736. The van der Waals surface area contributed by atoms with Gasteiger partial charge in [0.25, 0.3) is 0 Å². The molecule has 2 heteroatoms. The molecule has 0 aliphatic heterocycles. The quantitative estimate of drug-likeness (QED) is 0.491. The van der Waals surface area contributed by atoms with Crippen LogP contribution in [0, 0.1) is 19.1 Å². The van der Waals surface area contributed by atoms with E-state index in [1.165, 1.54) is 11.3 Å². The van der Waals surface area contributed by atoms with Gasteiger partial charge in [-0.2, -0.15) is 36.4 Å². The van der Waals surface area contributed by atoms with Crippen molar-refractivity contribution in [1.29, 1.82) is 0 Å². The zero-order valence-corrected chi connectivity index (χ0v) is 15.1. The van der Waals surface area contributed by atoms with E-state index >= 15 is 0 Å². The van der Waals surface area contributed by atoms with E-state index in [1.54, 1.807) is 0 Å². The molecule has 0 fully saturated rings. The fraction of sp³-hybridized carbons (Fsp3) is 0.105. The second-order valence-electron chi connectivity index (χ2n) is 4.88. The van der Waals surface area contributed by atoms with Crippen molar-refractivity contribution in [2.75, 3.05) is 0 Å². The summed E-state index contributed by atoms with van der Waals surface area (Å²) < 4.78 is 2.13. The molecule has 3 aromatic rings. The molecule has 3 rings (SSSR count). The first kappa shape index (κ1) is 16.1. The van der Waals surface area contributed by atoms with Gasteiger partial charge < -0.3 is 0 Å². The van der Waals surface area contributed by atoms with E-state index in [1.807, 2.05) is 24.3 Å². The summed E-state index contributed by atoms with van der Waals surface area (Å²) in [4.78, 5) is 0. The van der Waals surface area contributed by atoms with Crippen molar-refractivity contribution >= 4 is 0 Å². The van der Waals surface area contributed by atoms with Crippen LogP contribution >= 0.6 is 0 Å². The first-order chi connectivity index (χ1) is 9.75. The standard InChI is InChI=1S/C19H16N.Y/c1-15-14-17(16-8-4-3-5-9-16)11-12-18(15)19-10-6-7-13-20(19)2;/h3-8,10-13H,1-2H3;/q-1;. The van der Waals surface area contributed by atoms with E-state index in [9.17, 15) is 0 Å². The molecule has 21 heavy (non-hydrogen) atoms. The summed E-state index contributed by atoms with van der Waals surface area (Å²) in [5.74, 6) is 0. The molecule has 1 nitrogen and oxygen atoms in total. The Hall–Kier alpha value is -1.31. The van der Waals surface area contributed by atoms with E-state index in [4.69, 9.17) is 0 Å². The molecule has 1 radical (unpaired) electrons. The van der Waals surface area contributed by atoms with Crippen LogP contribution < -0.4 is 4.57 Å². The van der Waals surface area contributed by atoms with Crippen molar-refractivity contribution in [1.82, 2.24) is 0 Å². The van der Waals surface area contributed by atoms with Gasteiger partial charge >= 0.3 is 0 Å². The predicted molar refractivity (Wildman–Crippen MR) is 80.9 cm³/mol. The third kappa shape index (κ3) is 3.48. The normalized spacial score (nSPS) is 10.0. The third-order valence-corrected chi connectivity index (χ3v) is 3.47. The van der Waals surface area contributed by atoms with Crippen LogP contribution in [0.4, 0.5) is 0 Å². The molecule has 0 bridgehead atoms. The third-order valence-electron chi connectivity index (χ3n) is 3.47. The monoisotopic (exact) mass is 347 g/mol. The summed E-state index contributed by atoms with van der Waals surface area (Å²) in [7, 11) is 2.06. The molecule has 0 aliphatic carbocycles. The van der Waals surface area contributed by atoms with Gasteiger partial charge in [-0.3, -0.25) is 0 Å². The van der Waals surface area contributed by atoms with Crippen LogP contribution in [0.3, 0.4) is 0 Å². The second-order valence-corrected chi connectivity index (χ2v) is 4.88. The van der Waals surface area contributed by atoms with Crippen LogP contribution in [0.5, 0.6) is 0 Å². The van der Waals surface area contributed by atoms with Gasteiger partial charge in [-0.25, -0.2) is 15.7 Å². The van der Waals surface area contributed by atoms with E-state index in [2.05, 4.69) is 67.2 Å². The van der Waals surface area contributed by atoms with E-state index in [-0.39, 0.29) is 32.7 Å². The van der Waals surface area contributed by atoms with E-state index in [0.717, 1.165) is 16.7 Å². The number of hydrogen-bond donors (Lipinski definition) is 0. The number of benzene rings is 2. The average molecular weight is 347 g/mol. The van der Waals surface area contributed by atoms with Crippen LogP contribution in [0.2, 0.25) is 0 Å². The first-order valence-corrected chi connectivity index (χ1v) is 6.71. The van der Waals surface area contributed by atoms with Gasteiger partial charge in [0.2, 0.25) is 0 Å². The number of nitrogens with zero attached hydrogens (tertiary/aromatic N) is 1. The molecular weight excluding hydrogens is 331 g/mol. The van der Waals surface area contributed by atoms with Crippen molar-refractivity contribution in [2.24, 2.45) is 7.05 Å². The summed E-state index contributed by atoms with van der Waals surface area (Å²) in [5, 5.41) is 0. The van der Waals surface area contributed by atoms with E-state index < -0.39 is 0 Å². The summed E-state index contributed by atoms with van der Waals surface area (Å²) >= 11 is 0. The van der Waals surface area contributed by atoms with Gasteiger partial charge in [-0.05, 0) is 5.56 Å². The first-order valence-electron chi connectivity index (χ1n) is 6.71. The molecule has 0 atom stereocenters. The van der Waals surface area contributed by atoms with Crippen molar-refractivity contribution in [3.8, 4) is 22.4 Å². The number of pyridine rings is 1. The molecular formula is C19H16NY-. The fourth-order valence-electron chi connectivity index (χ4n) is 2.40. The molecule has 0 saturated carbocycles. The molecule has 0 aliphatic rings. The minimum absolute atomic E-state index is 0. The van der Waals surface area contributed by atoms with Crippen LogP contribution in [-0.2, 0) is 39.8 Å². The van der Waals surface area contributed by atoms with Crippen molar-refractivity contribution in [3.63, 3.8) is 0 Å². The zero-order chi connectivity index (χ0) is 13.9. The van der Waals surface area contributed by atoms with Gasteiger partial charge in [0.1, 0.15) is 7.05 Å². The van der Waals surface area contributed by atoms with Gasteiger partial charge in [0, 0.05) is 44.8 Å². The smallest absolute Gasteiger partial charge is 0.171 e. The van der Waals surface area contributed by atoms with Crippen molar-refractivity contribution < 1.29 is 37.3 Å². The van der Waals surface area contributed by atoms with Gasteiger partial charge in [0.05, 0.1) is 0 Å². The minimum atomic E-state index is 0. The summed E-state index contributed by atoms with van der Waals surface area (Å²) in [6.45, 7) is 2.11. The summed E-state index contributed by atoms with van der Waals surface area (Å²) in [6, 6.07) is 25.2. The second kappa shape index (κ2) is 7.11. The van der Waals surface area contributed by atoms with Gasteiger partial charge in [-0.1, -0.05) is 13.0 Å². The molecule has 101 valence electrons. The molecule has 0 spiro atoms. The predicted octanol–water partition coefficient (Wildman–Crippen LogP) is 3.75. The Morgan fingerprint density at radius 2 is 1.71 bits per heavy atom. The molecule has 0 saturated heterocycles. The number of rotatable bonds is 2. The molecule has 2 aromatic carbocycles. The number of aromatic nitrogens is 1. The van der Waals surface area contributed by atoms with Crippen LogP contribution in [0.15, 0.2) is 60.8 Å². The minimum Gasteiger partial charge on any atom is -0.226 e. The van der Waals surface area contributed by atoms with Gasteiger partial charge in [0.15, 0.2) is 11.9 Å². The van der Waals surface area contributed by atoms with Crippen LogP contribution in [0.25, 0.3) is 22.4 Å². The maximum Gasteiger partial charge on any atom is 0.171 e. The number of hydrogen-bond acceptors (Lipinski definition) is 0. The average Bonchev–Trinajstić information content (AvgIpc) is 2.49. The maximum absolute atomic E-state index is 3.47. The zero-order valence-electron chi connectivity index (χ0n) is 12.3. The van der Waals surface area contributed by atoms with Crippen LogP contribution in [0.1, 0.15) is 5.56 Å². The molecule has 0 amide bonds. The Kier molecular flexibility index (Phi) is 5.44. The van der Waals surface area contributed by atoms with E-state index in [0.29, 0.717) is 0 Å². The number of aryl methyl sites for hydroxylation is 2. The summed E-state index contributed by atoms with van der Waals surface area (Å²) in [6.07, 6.45) is 2.06. The molecule has 0 N–H and O–H groups in total. The van der Waals surface area contributed by atoms with Gasteiger partial charge in [-0.15, -0.1) is 17.7 Å². The Morgan fingerprint density at radius 3 is 2.38 bits per heavy atom. The Labute approximate surface area is 151 Å².